The van der Waals surface area contributed by atoms with Crippen LogP contribution in [0.1, 0.15) is 20.7 Å². The van der Waals surface area contributed by atoms with E-state index >= 15 is 0 Å². The minimum Gasteiger partial charge on any atom is -0.284 e. The van der Waals surface area contributed by atoms with Crippen molar-refractivity contribution >= 4 is 45.7 Å². The molecule has 2 aromatic carbocycles. The molecule has 174 valence electrons. The number of hydrogen-bond acceptors (Lipinski definition) is 14. The van der Waals surface area contributed by atoms with Crippen molar-refractivity contribution in [2.45, 2.75) is 0 Å². The van der Waals surface area contributed by atoms with Crippen LogP contribution in [0.3, 0.4) is 0 Å². The van der Waals surface area contributed by atoms with Crippen LogP contribution >= 0.6 is 0 Å². The van der Waals surface area contributed by atoms with Crippen molar-refractivity contribution in [1.29, 1.82) is 0 Å². The average molecular weight is 480 g/mol. The number of nitrogens with zero attached hydrogens (tertiary/aromatic N) is 6. The molecule has 0 N–H and O–H groups in total. The van der Waals surface area contributed by atoms with Crippen LogP contribution in [-0.4, -0.2) is 41.1 Å². The minimum atomic E-state index is -2.24. The number of Topliss-reactive ketones (excluding diaryl/α,β-unsaturated/α-hetero) is 2. The Hall–Kier alpha value is -5.82. The first-order chi connectivity index (χ1) is 15.7. The van der Waals surface area contributed by atoms with E-state index in [0.29, 0.717) is 0 Å². The molecule has 0 aromatic heterocycles. The van der Waals surface area contributed by atoms with Gasteiger partial charge in [-0.15, -0.1) is 0 Å². The highest BCUT2D eigenvalue weighted by Crippen LogP contribution is 2.38. The predicted octanol–water partition coefficient (Wildman–Crippen LogP) is 2.20. The van der Waals surface area contributed by atoms with Crippen molar-refractivity contribution in [3.63, 3.8) is 0 Å². The molecule has 0 heterocycles. The molecular formula is C14H4N6O14. The highest BCUT2D eigenvalue weighted by molar-refractivity contribution is 6.52. The second kappa shape index (κ2) is 8.74. The number of carbonyl (C=O) groups excluding carboxylic acids is 2. The highest BCUT2D eigenvalue weighted by Gasteiger charge is 2.43. The van der Waals surface area contributed by atoms with Crippen LogP contribution in [0.4, 0.5) is 34.1 Å². The van der Waals surface area contributed by atoms with Gasteiger partial charge in [-0.25, -0.2) is 0 Å². The Morgan fingerprint density at radius 2 is 0.647 bits per heavy atom. The smallest absolute Gasteiger partial charge is 0.284 e. The van der Waals surface area contributed by atoms with Gasteiger partial charge in [-0.05, 0) is 0 Å². The van der Waals surface area contributed by atoms with Crippen LogP contribution in [0.5, 0.6) is 0 Å². The zero-order chi connectivity index (χ0) is 26.1. The van der Waals surface area contributed by atoms with Gasteiger partial charge >= 0.3 is 0 Å². The summed E-state index contributed by atoms with van der Waals surface area (Å²) in [6, 6.07) is 0.358. The first-order valence-electron chi connectivity index (χ1n) is 8.00. The minimum absolute atomic E-state index is 0.0895. The van der Waals surface area contributed by atoms with Crippen molar-refractivity contribution in [2.75, 3.05) is 0 Å². The molecule has 2 rings (SSSR count). The fourth-order valence-electron chi connectivity index (χ4n) is 2.67. The fraction of sp³-hybridized carbons (Fsp3) is 0. The lowest BCUT2D eigenvalue weighted by Gasteiger charge is -2.05. The Balaban J connectivity index is 2.94. The lowest BCUT2D eigenvalue weighted by molar-refractivity contribution is -0.404. The lowest BCUT2D eigenvalue weighted by atomic mass is 9.95. The van der Waals surface area contributed by atoms with E-state index in [1.807, 2.05) is 0 Å². The molecule has 0 bridgehead atoms. The van der Waals surface area contributed by atoms with Gasteiger partial charge in [0.25, 0.3) is 34.1 Å². The third-order valence-corrected chi connectivity index (χ3v) is 4.03. The van der Waals surface area contributed by atoms with Gasteiger partial charge in [0, 0.05) is 0 Å². The second-order valence-electron chi connectivity index (χ2n) is 5.92. The fourth-order valence-corrected chi connectivity index (χ4v) is 2.67. The van der Waals surface area contributed by atoms with Crippen molar-refractivity contribution in [3.8, 4) is 0 Å². The standard InChI is InChI=1S/C14H4N6O14/c21-13(11-7(17(27)28)1-5(15(23)24)2-8(11)18(29)30)14(22)12-9(19(31)32)3-6(16(25)26)4-10(12)20(33)34/h1-4H. The third kappa shape index (κ3) is 4.29. The molecule has 0 saturated carbocycles. The number of rotatable bonds is 9. The summed E-state index contributed by atoms with van der Waals surface area (Å²) in [7, 11) is 0. The number of hydrogen-bond donors (Lipinski definition) is 0. The van der Waals surface area contributed by atoms with Crippen molar-refractivity contribution in [3.05, 3.63) is 96.1 Å². The molecule has 0 radical (unpaired) electrons. The van der Waals surface area contributed by atoms with Crippen LogP contribution < -0.4 is 0 Å². The van der Waals surface area contributed by atoms with Gasteiger partial charge in [0.15, 0.2) is 11.1 Å². The molecule has 0 aliphatic carbocycles. The third-order valence-electron chi connectivity index (χ3n) is 4.03. The summed E-state index contributed by atoms with van der Waals surface area (Å²) in [6.07, 6.45) is 0. The van der Waals surface area contributed by atoms with E-state index in [-0.39, 0.29) is 24.3 Å². The molecule has 20 heteroatoms. The zero-order valence-electron chi connectivity index (χ0n) is 15.7. The molecule has 2 aromatic rings. The summed E-state index contributed by atoms with van der Waals surface area (Å²) < 4.78 is 0. The molecule has 34 heavy (non-hydrogen) atoms. The summed E-state index contributed by atoms with van der Waals surface area (Å²) in [5.41, 5.74) is -12.2. The largest absolute Gasteiger partial charge is 0.294 e. The van der Waals surface area contributed by atoms with Gasteiger partial charge in [-0.1, -0.05) is 0 Å². The Morgan fingerprint density at radius 1 is 0.441 bits per heavy atom. The van der Waals surface area contributed by atoms with Crippen molar-refractivity contribution in [1.82, 2.24) is 0 Å². The first-order valence-corrected chi connectivity index (χ1v) is 8.00. The topological polar surface area (TPSA) is 293 Å². The number of carbonyl (C=O) groups is 2. The summed E-state index contributed by atoms with van der Waals surface area (Å²) >= 11 is 0. The average Bonchev–Trinajstić information content (AvgIpc) is 2.75. The predicted molar refractivity (Wildman–Crippen MR) is 101 cm³/mol. The van der Waals surface area contributed by atoms with Crippen LogP contribution in [0.15, 0.2) is 24.3 Å². The number of nitro benzene ring substituents is 6. The molecule has 0 aliphatic rings. The summed E-state index contributed by atoms with van der Waals surface area (Å²) in [5.74, 6) is -4.48. The first kappa shape index (κ1) is 24.4. The maximum absolute atomic E-state index is 12.7. The Bertz CT molecular complexity index is 1190. The van der Waals surface area contributed by atoms with E-state index in [1.54, 1.807) is 0 Å². The number of benzene rings is 2. The molecule has 0 saturated heterocycles. The monoisotopic (exact) mass is 480 g/mol. The maximum atomic E-state index is 12.7. The summed E-state index contributed by atoms with van der Waals surface area (Å²) in [4.78, 5) is 84.0. The molecule has 0 amide bonds. The van der Waals surface area contributed by atoms with Crippen LogP contribution in [0.2, 0.25) is 0 Å². The van der Waals surface area contributed by atoms with Crippen molar-refractivity contribution < 1.29 is 39.1 Å². The molecule has 0 fully saturated rings. The highest BCUT2D eigenvalue weighted by atomic mass is 16.6. The van der Waals surface area contributed by atoms with Crippen LogP contribution in [0, 0.1) is 60.7 Å². The normalized spacial score (nSPS) is 10.2. The number of non-ortho nitro benzene ring substituents is 2. The Kier molecular flexibility index (Phi) is 6.28. The SMILES string of the molecule is O=C(C(=O)c1c([N+](=O)[O-])cc([N+](=O)[O-])cc1[N+](=O)[O-])c1c([N+](=O)[O-])cc([N+](=O)[O-])cc1[N+](=O)[O-]. The van der Waals surface area contributed by atoms with E-state index in [0.717, 1.165) is 0 Å². The molecule has 0 atom stereocenters. The van der Waals surface area contributed by atoms with Gasteiger partial charge < -0.3 is 0 Å². The van der Waals surface area contributed by atoms with E-state index < -0.39 is 86.4 Å². The van der Waals surface area contributed by atoms with E-state index in [4.69, 9.17) is 0 Å². The van der Waals surface area contributed by atoms with Gasteiger partial charge in [0.2, 0.25) is 11.6 Å². The molecular weight excluding hydrogens is 476 g/mol. The van der Waals surface area contributed by atoms with Gasteiger partial charge in [0.05, 0.1) is 53.8 Å². The second-order valence-corrected chi connectivity index (χ2v) is 5.92. The lowest BCUT2D eigenvalue weighted by Crippen LogP contribution is -2.20. The molecule has 20 nitrogen and oxygen atoms in total. The van der Waals surface area contributed by atoms with Crippen molar-refractivity contribution in [2.24, 2.45) is 0 Å². The zero-order valence-corrected chi connectivity index (χ0v) is 15.7. The molecule has 0 aliphatic heterocycles. The Labute approximate surface area is 181 Å². The summed E-state index contributed by atoms with van der Waals surface area (Å²) in [6.45, 7) is 0. The van der Waals surface area contributed by atoms with Crippen LogP contribution in [0.25, 0.3) is 0 Å². The van der Waals surface area contributed by atoms with E-state index in [1.165, 1.54) is 0 Å². The van der Waals surface area contributed by atoms with Gasteiger partial charge in [0.1, 0.15) is 0 Å². The van der Waals surface area contributed by atoms with E-state index in [9.17, 15) is 70.3 Å². The summed E-state index contributed by atoms with van der Waals surface area (Å²) in [5, 5.41) is 67.1. The van der Waals surface area contributed by atoms with Gasteiger partial charge in [-0.3, -0.25) is 70.3 Å². The molecule has 0 spiro atoms. The number of ketones is 2. The maximum Gasteiger partial charge on any atom is 0.294 e. The van der Waals surface area contributed by atoms with Gasteiger partial charge in [-0.2, -0.15) is 0 Å². The molecule has 0 unspecified atom stereocenters. The number of nitro groups is 6. The van der Waals surface area contributed by atoms with Crippen LogP contribution in [-0.2, 0) is 0 Å². The quantitative estimate of drug-likeness (QED) is 0.215. The Morgan fingerprint density at radius 3 is 0.794 bits per heavy atom. The van der Waals surface area contributed by atoms with E-state index in [2.05, 4.69) is 0 Å².